The summed E-state index contributed by atoms with van der Waals surface area (Å²) >= 11 is 0.920. The average molecular weight is 297 g/mol. The summed E-state index contributed by atoms with van der Waals surface area (Å²) in [6.45, 7) is 0. The maximum Gasteiger partial charge on any atom is 0.127 e. The molecule has 2 aromatic rings. The van der Waals surface area contributed by atoms with E-state index in [2.05, 4.69) is 0 Å². The van der Waals surface area contributed by atoms with E-state index in [4.69, 9.17) is 15.7 Å². The molecule has 2 rings (SSSR count). The van der Waals surface area contributed by atoms with Crippen molar-refractivity contribution in [3.8, 4) is 23.3 Å². The van der Waals surface area contributed by atoms with Crippen LogP contribution in [0.2, 0.25) is 0 Å². The number of nitrogens with zero attached hydrogens (tertiary/aromatic N) is 2. The maximum atomic E-state index is 14.1. The Kier molecular flexibility index (Phi) is 4.94. The molecule has 0 bridgehead atoms. The van der Waals surface area contributed by atoms with Gasteiger partial charge in [-0.1, -0.05) is 36.2 Å². The Morgan fingerprint density at radius 2 is 1.76 bits per heavy atom. The lowest BCUT2D eigenvalue weighted by Gasteiger charge is -2.09. The fourth-order valence-electron chi connectivity index (χ4n) is 1.95. The summed E-state index contributed by atoms with van der Waals surface area (Å²) in [5, 5.41) is 22.5. The van der Waals surface area contributed by atoms with E-state index in [-0.39, 0.29) is 12.2 Å². The average Bonchev–Trinajstić information content (AvgIpc) is 2.54. The fraction of sp³-hybridized carbons (Fsp3) is 0.125. The van der Waals surface area contributed by atoms with Crippen molar-refractivity contribution in [1.82, 2.24) is 0 Å². The van der Waals surface area contributed by atoms with Crippen LogP contribution in [-0.2, 0) is 6.42 Å². The molecule has 2 N–H and O–H groups in total. The van der Waals surface area contributed by atoms with Gasteiger partial charge in [-0.3, -0.25) is 5.14 Å². The largest absolute Gasteiger partial charge is 0.277 e. The van der Waals surface area contributed by atoms with Crippen LogP contribution in [0.5, 0.6) is 0 Å². The minimum atomic E-state index is -0.458. The van der Waals surface area contributed by atoms with Gasteiger partial charge in [0.15, 0.2) is 0 Å². The van der Waals surface area contributed by atoms with Crippen molar-refractivity contribution >= 4 is 11.9 Å². The SMILES string of the molecule is N#Cc1ccc(-c2ccc(C[C@@H](C#N)SN)c(F)c2)cc1. The molecule has 0 unspecified atom stereocenters. The number of benzene rings is 2. The molecule has 0 saturated heterocycles. The second kappa shape index (κ2) is 6.90. The number of rotatable bonds is 4. The molecule has 0 aliphatic carbocycles. The van der Waals surface area contributed by atoms with Gasteiger partial charge in [-0.25, -0.2) is 4.39 Å². The highest BCUT2D eigenvalue weighted by Crippen LogP contribution is 2.24. The molecule has 21 heavy (non-hydrogen) atoms. The van der Waals surface area contributed by atoms with Crippen LogP contribution >= 0.6 is 11.9 Å². The van der Waals surface area contributed by atoms with E-state index in [1.165, 1.54) is 6.07 Å². The van der Waals surface area contributed by atoms with Crippen LogP contribution in [0.3, 0.4) is 0 Å². The van der Waals surface area contributed by atoms with Crippen molar-refractivity contribution in [1.29, 1.82) is 10.5 Å². The van der Waals surface area contributed by atoms with Crippen molar-refractivity contribution in [3.63, 3.8) is 0 Å². The predicted molar refractivity (Wildman–Crippen MR) is 81.4 cm³/mol. The van der Waals surface area contributed by atoms with Gasteiger partial charge in [0.05, 0.1) is 17.7 Å². The Balaban J connectivity index is 2.26. The van der Waals surface area contributed by atoms with Crippen LogP contribution in [0.1, 0.15) is 11.1 Å². The van der Waals surface area contributed by atoms with E-state index in [1.54, 1.807) is 36.4 Å². The summed E-state index contributed by atoms with van der Waals surface area (Å²) in [6, 6.07) is 15.9. The third-order valence-electron chi connectivity index (χ3n) is 3.11. The van der Waals surface area contributed by atoms with Gasteiger partial charge in [0, 0.05) is 6.42 Å². The summed E-state index contributed by atoms with van der Waals surface area (Å²) in [4.78, 5) is 0. The van der Waals surface area contributed by atoms with Gasteiger partial charge in [0.1, 0.15) is 11.1 Å². The molecule has 0 heterocycles. The van der Waals surface area contributed by atoms with E-state index in [0.717, 1.165) is 23.1 Å². The highest BCUT2D eigenvalue weighted by atomic mass is 32.2. The first kappa shape index (κ1) is 15.1. The first-order valence-corrected chi connectivity index (χ1v) is 7.16. The number of nitriles is 2. The minimum Gasteiger partial charge on any atom is -0.277 e. The van der Waals surface area contributed by atoms with E-state index >= 15 is 0 Å². The van der Waals surface area contributed by atoms with Gasteiger partial charge in [-0.2, -0.15) is 10.5 Å². The van der Waals surface area contributed by atoms with Gasteiger partial charge < -0.3 is 0 Å². The first-order chi connectivity index (χ1) is 10.2. The van der Waals surface area contributed by atoms with Crippen LogP contribution < -0.4 is 5.14 Å². The normalized spacial score (nSPS) is 11.4. The standard InChI is InChI=1S/C16H12FN3S/c17-16-8-13(12-3-1-11(9-18)2-4-12)5-6-14(16)7-15(10-19)21-20/h1-6,8,15H,7,20H2/t15-/m0/s1. The smallest absolute Gasteiger partial charge is 0.127 e. The minimum absolute atomic E-state index is 0.275. The zero-order valence-corrected chi connectivity index (χ0v) is 11.9. The third-order valence-corrected chi connectivity index (χ3v) is 3.71. The Bertz CT molecular complexity index is 714. The van der Waals surface area contributed by atoms with Crippen molar-refractivity contribution in [2.45, 2.75) is 11.7 Å². The van der Waals surface area contributed by atoms with Crippen LogP contribution in [0.4, 0.5) is 4.39 Å². The molecule has 0 radical (unpaired) electrons. The molecule has 0 aliphatic rings. The maximum absolute atomic E-state index is 14.1. The summed E-state index contributed by atoms with van der Waals surface area (Å²) in [6.07, 6.45) is 0.275. The van der Waals surface area contributed by atoms with Gasteiger partial charge in [-0.15, -0.1) is 0 Å². The summed E-state index contributed by atoms with van der Waals surface area (Å²) < 4.78 is 14.1. The fourth-order valence-corrected chi connectivity index (χ4v) is 2.29. The van der Waals surface area contributed by atoms with E-state index in [9.17, 15) is 4.39 Å². The Labute approximate surface area is 126 Å². The van der Waals surface area contributed by atoms with Crippen molar-refractivity contribution in [3.05, 3.63) is 59.4 Å². The van der Waals surface area contributed by atoms with Crippen molar-refractivity contribution in [2.75, 3.05) is 0 Å². The lowest BCUT2D eigenvalue weighted by Crippen LogP contribution is -2.08. The molecular weight excluding hydrogens is 285 g/mol. The van der Waals surface area contributed by atoms with Gasteiger partial charge >= 0.3 is 0 Å². The molecule has 0 spiro atoms. The lowest BCUT2D eigenvalue weighted by atomic mass is 10.0. The second-order valence-electron chi connectivity index (χ2n) is 4.45. The second-order valence-corrected chi connectivity index (χ2v) is 5.29. The summed E-state index contributed by atoms with van der Waals surface area (Å²) in [5.41, 5.74) is 2.60. The Hall–Kier alpha value is -2.34. The van der Waals surface area contributed by atoms with Crippen LogP contribution in [0.25, 0.3) is 11.1 Å². The van der Waals surface area contributed by atoms with Gasteiger partial charge in [0.2, 0.25) is 0 Å². The van der Waals surface area contributed by atoms with Gasteiger partial charge in [0.25, 0.3) is 0 Å². The van der Waals surface area contributed by atoms with Crippen LogP contribution in [0.15, 0.2) is 42.5 Å². The summed E-state index contributed by atoms with van der Waals surface area (Å²) in [7, 11) is 0. The molecule has 0 saturated carbocycles. The molecule has 2 aromatic carbocycles. The van der Waals surface area contributed by atoms with Crippen molar-refractivity contribution < 1.29 is 4.39 Å². The molecule has 0 aromatic heterocycles. The highest BCUT2D eigenvalue weighted by Gasteiger charge is 2.12. The van der Waals surface area contributed by atoms with E-state index in [0.29, 0.717) is 11.1 Å². The number of nitrogens with two attached hydrogens (primary N) is 1. The monoisotopic (exact) mass is 297 g/mol. The Morgan fingerprint density at radius 3 is 2.29 bits per heavy atom. The van der Waals surface area contributed by atoms with Crippen LogP contribution in [0, 0.1) is 28.5 Å². The zero-order chi connectivity index (χ0) is 15.2. The van der Waals surface area contributed by atoms with E-state index in [1.807, 2.05) is 12.1 Å². The Morgan fingerprint density at radius 1 is 1.10 bits per heavy atom. The highest BCUT2D eigenvalue weighted by molar-refractivity contribution is 7.97. The molecule has 3 nitrogen and oxygen atoms in total. The summed E-state index contributed by atoms with van der Waals surface area (Å²) in [5.74, 6) is -0.355. The van der Waals surface area contributed by atoms with Crippen molar-refractivity contribution in [2.24, 2.45) is 5.14 Å². The molecule has 0 amide bonds. The lowest BCUT2D eigenvalue weighted by molar-refractivity contribution is 0.611. The molecule has 0 fully saturated rings. The van der Waals surface area contributed by atoms with Crippen LogP contribution in [-0.4, -0.2) is 5.25 Å². The number of halogens is 1. The quantitative estimate of drug-likeness (QED) is 0.878. The molecule has 1 atom stereocenters. The third kappa shape index (κ3) is 3.61. The number of hydrogen-bond acceptors (Lipinski definition) is 4. The first-order valence-electron chi connectivity index (χ1n) is 6.22. The van der Waals surface area contributed by atoms with E-state index < -0.39 is 5.25 Å². The molecule has 0 aliphatic heterocycles. The molecule has 5 heteroatoms. The zero-order valence-electron chi connectivity index (χ0n) is 11.1. The molecule has 104 valence electrons. The molecular formula is C16H12FN3S. The predicted octanol–water partition coefficient (Wildman–Crippen LogP) is 3.41. The number of hydrogen-bond donors (Lipinski definition) is 1. The van der Waals surface area contributed by atoms with Gasteiger partial charge in [-0.05, 0) is 34.9 Å². The topological polar surface area (TPSA) is 73.6 Å².